The van der Waals surface area contributed by atoms with Crippen LogP contribution in [0.15, 0.2) is 30.3 Å². The van der Waals surface area contributed by atoms with Crippen LogP contribution in [0.25, 0.3) is 11.4 Å². The van der Waals surface area contributed by atoms with Crippen molar-refractivity contribution in [2.24, 2.45) is 0 Å². The molecule has 2 heterocycles. The number of likely N-dealkylation sites (tertiary alicyclic amines) is 1. The van der Waals surface area contributed by atoms with Crippen molar-refractivity contribution in [2.45, 2.75) is 32.2 Å². The van der Waals surface area contributed by atoms with Crippen LogP contribution in [0.3, 0.4) is 0 Å². The Hall–Kier alpha value is -2.70. The number of carbonyl (C=O) groups excluding carboxylic acids is 2. The quantitative estimate of drug-likeness (QED) is 0.886. The number of aromatic nitrogens is 3. The Kier molecular flexibility index (Phi) is 4.59. The fraction of sp³-hybridized carbons (Fsp3) is 0.412. The van der Waals surface area contributed by atoms with Crippen molar-refractivity contribution < 1.29 is 9.59 Å². The van der Waals surface area contributed by atoms with Gasteiger partial charge >= 0.3 is 0 Å². The Balaban J connectivity index is 1.84. The number of nitrogens with one attached hydrogen (secondary N) is 2. The molecule has 1 aromatic heterocycles. The molecule has 2 aromatic rings. The average Bonchev–Trinajstić information content (AvgIpc) is 3.21. The van der Waals surface area contributed by atoms with E-state index >= 15 is 0 Å². The van der Waals surface area contributed by atoms with Gasteiger partial charge in [-0.2, -0.15) is 5.10 Å². The van der Waals surface area contributed by atoms with Crippen LogP contribution in [0.1, 0.15) is 32.0 Å². The maximum absolute atomic E-state index is 12.0. The van der Waals surface area contributed by atoms with Crippen LogP contribution in [-0.2, 0) is 9.59 Å². The Morgan fingerprint density at radius 3 is 2.71 bits per heavy atom. The van der Waals surface area contributed by atoms with Crippen molar-refractivity contribution in [3.63, 3.8) is 0 Å². The second kappa shape index (κ2) is 6.82. The van der Waals surface area contributed by atoms with E-state index in [4.69, 9.17) is 0 Å². The molecule has 1 aliphatic heterocycles. The highest BCUT2D eigenvalue weighted by molar-refractivity contribution is 5.77. The molecule has 0 saturated carbocycles. The minimum atomic E-state index is -0.158. The van der Waals surface area contributed by atoms with Crippen molar-refractivity contribution in [3.8, 4) is 11.4 Å². The van der Waals surface area contributed by atoms with E-state index in [9.17, 15) is 9.59 Å². The standard InChI is InChI=1S/C17H21N5O2/c1-3-15(24)22-9-13(14(10-22)18-11(2)23)17-19-16(20-21-17)12-7-5-4-6-8-12/h4-8,13-14H,3,9-10H2,1-2H3,(H,18,23)(H,19,20,21)/t13-,14-/m1/s1. The smallest absolute Gasteiger partial charge is 0.222 e. The maximum Gasteiger partial charge on any atom is 0.222 e. The largest absolute Gasteiger partial charge is 0.351 e. The van der Waals surface area contributed by atoms with Gasteiger partial charge in [0.1, 0.15) is 5.82 Å². The summed E-state index contributed by atoms with van der Waals surface area (Å²) in [7, 11) is 0. The average molecular weight is 327 g/mol. The van der Waals surface area contributed by atoms with Gasteiger partial charge in [-0.1, -0.05) is 37.3 Å². The first-order valence-electron chi connectivity index (χ1n) is 8.11. The van der Waals surface area contributed by atoms with Crippen molar-refractivity contribution in [1.29, 1.82) is 0 Å². The Labute approximate surface area is 140 Å². The first-order valence-corrected chi connectivity index (χ1v) is 8.11. The molecule has 2 atom stereocenters. The summed E-state index contributed by atoms with van der Waals surface area (Å²) in [5.41, 5.74) is 0.926. The molecule has 2 amide bonds. The molecular formula is C17H21N5O2. The molecule has 2 N–H and O–H groups in total. The molecule has 0 radical (unpaired) electrons. The Bertz CT molecular complexity index is 728. The summed E-state index contributed by atoms with van der Waals surface area (Å²) >= 11 is 0. The van der Waals surface area contributed by atoms with Crippen LogP contribution in [-0.4, -0.2) is 51.0 Å². The lowest BCUT2D eigenvalue weighted by molar-refractivity contribution is -0.130. The van der Waals surface area contributed by atoms with E-state index in [2.05, 4.69) is 20.5 Å². The van der Waals surface area contributed by atoms with E-state index in [0.717, 1.165) is 5.56 Å². The Morgan fingerprint density at radius 1 is 1.29 bits per heavy atom. The number of nitrogens with zero attached hydrogens (tertiary/aromatic N) is 3. The number of hydrogen-bond donors (Lipinski definition) is 2. The van der Waals surface area contributed by atoms with Gasteiger partial charge in [0, 0.05) is 32.0 Å². The van der Waals surface area contributed by atoms with Crippen LogP contribution in [0.2, 0.25) is 0 Å². The van der Waals surface area contributed by atoms with Crippen LogP contribution >= 0.6 is 0 Å². The lowest BCUT2D eigenvalue weighted by atomic mass is 10.0. The minimum Gasteiger partial charge on any atom is -0.351 e. The normalized spacial score (nSPS) is 20.2. The van der Waals surface area contributed by atoms with Crippen LogP contribution in [0.4, 0.5) is 0 Å². The number of rotatable bonds is 4. The highest BCUT2D eigenvalue weighted by atomic mass is 16.2. The third kappa shape index (κ3) is 3.29. The van der Waals surface area contributed by atoms with Gasteiger partial charge in [0.25, 0.3) is 0 Å². The van der Waals surface area contributed by atoms with Gasteiger partial charge in [-0.25, -0.2) is 4.98 Å². The van der Waals surface area contributed by atoms with Gasteiger partial charge in [-0.15, -0.1) is 0 Å². The maximum atomic E-state index is 12.0. The highest BCUT2D eigenvalue weighted by Crippen LogP contribution is 2.27. The number of carbonyl (C=O) groups is 2. The molecule has 1 fully saturated rings. The molecule has 1 aromatic carbocycles. The third-order valence-corrected chi connectivity index (χ3v) is 4.25. The lowest BCUT2D eigenvalue weighted by Crippen LogP contribution is -2.39. The summed E-state index contributed by atoms with van der Waals surface area (Å²) in [5, 5.41) is 10.2. The fourth-order valence-corrected chi connectivity index (χ4v) is 3.07. The predicted molar refractivity (Wildman–Crippen MR) is 89.0 cm³/mol. The second-order valence-electron chi connectivity index (χ2n) is 5.98. The molecule has 24 heavy (non-hydrogen) atoms. The van der Waals surface area contributed by atoms with E-state index in [1.807, 2.05) is 37.3 Å². The second-order valence-corrected chi connectivity index (χ2v) is 5.98. The van der Waals surface area contributed by atoms with E-state index in [1.54, 1.807) is 4.90 Å². The molecule has 0 spiro atoms. The van der Waals surface area contributed by atoms with Crippen LogP contribution < -0.4 is 5.32 Å². The molecule has 0 aliphatic carbocycles. The third-order valence-electron chi connectivity index (χ3n) is 4.25. The molecule has 0 bridgehead atoms. The molecule has 0 unspecified atom stereocenters. The summed E-state index contributed by atoms with van der Waals surface area (Å²) in [5.74, 6) is 1.19. The number of hydrogen-bond acceptors (Lipinski definition) is 4. The molecule has 3 rings (SSSR count). The van der Waals surface area contributed by atoms with Crippen molar-refractivity contribution in [1.82, 2.24) is 25.4 Å². The zero-order chi connectivity index (χ0) is 17.1. The zero-order valence-electron chi connectivity index (χ0n) is 13.8. The fourth-order valence-electron chi connectivity index (χ4n) is 3.07. The van der Waals surface area contributed by atoms with Crippen LogP contribution in [0.5, 0.6) is 0 Å². The van der Waals surface area contributed by atoms with Gasteiger partial charge in [-0.3, -0.25) is 14.7 Å². The van der Waals surface area contributed by atoms with Gasteiger partial charge in [0.2, 0.25) is 11.8 Å². The van der Waals surface area contributed by atoms with Crippen molar-refractivity contribution in [2.75, 3.05) is 13.1 Å². The summed E-state index contributed by atoms with van der Waals surface area (Å²) in [6.45, 7) is 4.35. The van der Waals surface area contributed by atoms with Crippen LogP contribution in [0, 0.1) is 0 Å². The number of benzene rings is 1. The first kappa shape index (κ1) is 16.2. The number of H-pyrrole nitrogens is 1. The summed E-state index contributed by atoms with van der Waals surface area (Å²) in [6, 6.07) is 9.54. The molecule has 7 nitrogen and oxygen atoms in total. The van der Waals surface area contributed by atoms with Crippen molar-refractivity contribution >= 4 is 11.8 Å². The molecule has 1 aliphatic rings. The van der Waals surface area contributed by atoms with Gasteiger partial charge in [0.05, 0.1) is 12.0 Å². The lowest BCUT2D eigenvalue weighted by Gasteiger charge is -2.16. The monoisotopic (exact) mass is 327 g/mol. The van der Waals surface area contributed by atoms with E-state index in [1.165, 1.54) is 6.92 Å². The SMILES string of the molecule is CCC(=O)N1C[C@@H](NC(C)=O)[C@H](c2nc(-c3ccccc3)n[nH]2)C1. The molecular weight excluding hydrogens is 306 g/mol. The Morgan fingerprint density at radius 2 is 2.04 bits per heavy atom. The van der Waals surface area contributed by atoms with Gasteiger partial charge in [-0.05, 0) is 0 Å². The minimum absolute atomic E-state index is 0.0793. The van der Waals surface area contributed by atoms with E-state index < -0.39 is 0 Å². The van der Waals surface area contributed by atoms with Gasteiger partial charge in [0.15, 0.2) is 5.82 Å². The first-order chi connectivity index (χ1) is 11.6. The van der Waals surface area contributed by atoms with Crippen molar-refractivity contribution in [3.05, 3.63) is 36.2 Å². The number of amides is 2. The van der Waals surface area contributed by atoms with Gasteiger partial charge < -0.3 is 10.2 Å². The predicted octanol–water partition coefficient (Wildman–Crippen LogP) is 1.31. The molecule has 126 valence electrons. The summed E-state index contributed by atoms with van der Waals surface area (Å²) in [4.78, 5) is 29.9. The highest BCUT2D eigenvalue weighted by Gasteiger charge is 2.38. The molecule has 1 saturated heterocycles. The summed E-state index contributed by atoms with van der Waals surface area (Å²) in [6.07, 6.45) is 0.450. The molecule has 7 heteroatoms. The van der Waals surface area contributed by atoms with E-state index in [0.29, 0.717) is 31.2 Å². The number of aromatic amines is 1. The topological polar surface area (TPSA) is 91.0 Å². The summed E-state index contributed by atoms with van der Waals surface area (Å²) < 4.78 is 0. The van der Waals surface area contributed by atoms with E-state index in [-0.39, 0.29) is 23.8 Å². The zero-order valence-corrected chi connectivity index (χ0v) is 13.8.